The van der Waals surface area contributed by atoms with Crippen LogP contribution in [0.15, 0.2) is 0 Å². The summed E-state index contributed by atoms with van der Waals surface area (Å²) < 4.78 is 19.1. The van der Waals surface area contributed by atoms with E-state index in [1.54, 1.807) is 0 Å². The van der Waals surface area contributed by atoms with Crippen LogP contribution in [0.2, 0.25) is 0 Å². The Hall–Kier alpha value is -0.240. The van der Waals surface area contributed by atoms with Gasteiger partial charge in [0.15, 0.2) is 6.29 Å². The Labute approximate surface area is 223 Å². The van der Waals surface area contributed by atoms with Crippen molar-refractivity contribution in [1.82, 2.24) is 5.32 Å². The molecule has 2 spiro atoms. The number of fused-ring (bicyclic) bond motifs is 4. The van der Waals surface area contributed by atoms with Gasteiger partial charge >= 0.3 is 0 Å². The van der Waals surface area contributed by atoms with Gasteiger partial charge in [-0.2, -0.15) is 0 Å². The lowest BCUT2D eigenvalue weighted by Gasteiger charge is -2.63. The molecule has 7 fully saturated rings. The van der Waals surface area contributed by atoms with Gasteiger partial charge in [-0.05, 0) is 96.7 Å². The number of rotatable bonds is 3. The van der Waals surface area contributed by atoms with Crippen molar-refractivity contribution in [2.24, 2.45) is 50.7 Å². The standard InChI is InChI=1S/C31H51NO5/c1-18-14-19(16-33)36-25-24(18)28(4)10-11-31-17-30(31)9-8-22(37-23-15-32-12-13-35-23)27(2,3)20(30)6-7-21(31)29(28,5)26(25)34/h18-26,32-34H,6-17H2,1-5H3/t18-,19-,20+,21+,22+,23?,24?,25+,26+,28-,29-,30-,31+/m1/s1. The van der Waals surface area contributed by atoms with Gasteiger partial charge in [-0.25, -0.2) is 0 Å². The minimum atomic E-state index is -0.445. The SMILES string of the molecule is C[C@@H]1C[C@H](CO)O[C@H]2C1[C@@]1(C)CC[C@@]34C[C@@]35CC[C@H](OC3CNCCO3)C(C)(C)[C@@H]5CC[C@H]4[C@]1(C)[C@H]2O. The zero-order valence-electron chi connectivity index (χ0n) is 23.8. The number of aliphatic hydroxyl groups is 2. The summed E-state index contributed by atoms with van der Waals surface area (Å²) in [7, 11) is 0. The molecule has 37 heavy (non-hydrogen) atoms. The fourth-order valence-corrected chi connectivity index (χ4v) is 12.6. The van der Waals surface area contributed by atoms with E-state index >= 15 is 0 Å². The van der Waals surface area contributed by atoms with Crippen molar-refractivity contribution >= 4 is 0 Å². The van der Waals surface area contributed by atoms with Crippen LogP contribution < -0.4 is 5.32 Å². The normalized spacial score (nSPS) is 59.9. The minimum absolute atomic E-state index is 0.0617. The molecule has 5 saturated carbocycles. The van der Waals surface area contributed by atoms with E-state index in [1.807, 2.05) is 0 Å². The maximum Gasteiger partial charge on any atom is 0.170 e. The van der Waals surface area contributed by atoms with Crippen LogP contribution in [-0.4, -0.2) is 67.2 Å². The van der Waals surface area contributed by atoms with Crippen LogP contribution in [-0.2, 0) is 14.2 Å². The molecule has 2 aliphatic heterocycles. The fourth-order valence-electron chi connectivity index (χ4n) is 12.6. The van der Waals surface area contributed by atoms with Crippen molar-refractivity contribution in [3.8, 4) is 0 Å². The second-order valence-corrected chi connectivity index (χ2v) is 15.4. The summed E-state index contributed by atoms with van der Waals surface area (Å²) in [6.45, 7) is 14.8. The highest BCUT2D eigenvalue weighted by atomic mass is 16.7. The van der Waals surface area contributed by atoms with Crippen molar-refractivity contribution in [1.29, 1.82) is 0 Å². The zero-order chi connectivity index (χ0) is 26.0. The molecule has 0 amide bonds. The molecular weight excluding hydrogens is 466 g/mol. The third kappa shape index (κ3) is 3.04. The first-order valence-electron chi connectivity index (χ1n) is 15.5. The second kappa shape index (κ2) is 8.16. The predicted molar refractivity (Wildman–Crippen MR) is 141 cm³/mol. The Bertz CT molecular complexity index is 921. The number of ether oxygens (including phenoxy) is 3. The van der Waals surface area contributed by atoms with Gasteiger partial charge in [0.25, 0.3) is 0 Å². The van der Waals surface area contributed by atoms with Crippen LogP contribution in [0.4, 0.5) is 0 Å². The molecule has 2 unspecified atom stereocenters. The summed E-state index contributed by atoms with van der Waals surface area (Å²) in [5, 5.41) is 25.5. The van der Waals surface area contributed by atoms with Gasteiger partial charge in [-0.15, -0.1) is 0 Å². The van der Waals surface area contributed by atoms with Crippen LogP contribution in [0, 0.1) is 50.7 Å². The minimum Gasteiger partial charge on any atom is -0.394 e. The van der Waals surface area contributed by atoms with E-state index < -0.39 is 6.10 Å². The fraction of sp³-hybridized carbons (Fsp3) is 1.00. The molecule has 2 saturated heterocycles. The van der Waals surface area contributed by atoms with E-state index in [0.717, 1.165) is 32.5 Å². The molecule has 210 valence electrons. The molecule has 6 nitrogen and oxygen atoms in total. The monoisotopic (exact) mass is 517 g/mol. The highest BCUT2D eigenvalue weighted by Gasteiger charge is 2.84. The van der Waals surface area contributed by atoms with Crippen molar-refractivity contribution in [3.63, 3.8) is 0 Å². The Kier molecular flexibility index (Phi) is 5.67. The lowest BCUT2D eigenvalue weighted by Crippen LogP contribution is -2.60. The first-order valence-corrected chi connectivity index (χ1v) is 15.5. The van der Waals surface area contributed by atoms with Gasteiger partial charge in [-0.1, -0.05) is 34.6 Å². The van der Waals surface area contributed by atoms with Crippen LogP contribution in [0.1, 0.15) is 86.0 Å². The number of aliphatic hydroxyl groups excluding tert-OH is 2. The van der Waals surface area contributed by atoms with E-state index in [-0.39, 0.29) is 47.5 Å². The van der Waals surface area contributed by atoms with Crippen molar-refractivity contribution in [3.05, 3.63) is 0 Å². The summed E-state index contributed by atoms with van der Waals surface area (Å²) in [6, 6.07) is 0. The Morgan fingerprint density at radius 2 is 1.76 bits per heavy atom. The summed E-state index contributed by atoms with van der Waals surface area (Å²) in [6.07, 6.45) is 9.02. The molecule has 5 aliphatic carbocycles. The number of nitrogens with one attached hydrogen (secondary N) is 1. The average molecular weight is 518 g/mol. The molecule has 6 heteroatoms. The third-order valence-corrected chi connectivity index (χ3v) is 14.2. The molecule has 13 atom stereocenters. The molecule has 7 rings (SSSR count). The van der Waals surface area contributed by atoms with Crippen LogP contribution in [0.3, 0.4) is 0 Å². The van der Waals surface area contributed by atoms with E-state index in [2.05, 4.69) is 39.9 Å². The predicted octanol–water partition coefficient (Wildman–Crippen LogP) is 4.12. The molecule has 0 radical (unpaired) electrons. The van der Waals surface area contributed by atoms with E-state index in [9.17, 15) is 10.2 Å². The maximum absolute atomic E-state index is 12.1. The smallest absolute Gasteiger partial charge is 0.170 e. The molecule has 0 bridgehead atoms. The van der Waals surface area contributed by atoms with Crippen LogP contribution in [0.25, 0.3) is 0 Å². The summed E-state index contributed by atoms with van der Waals surface area (Å²) >= 11 is 0. The highest BCUT2D eigenvalue weighted by molar-refractivity contribution is 5.32. The lowest BCUT2D eigenvalue weighted by atomic mass is 9.41. The van der Waals surface area contributed by atoms with Gasteiger partial charge < -0.3 is 29.7 Å². The number of hydrogen-bond donors (Lipinski definition) is 3. The first kappa shape index (κ1) is 25.7. The van der Waals surface area contributed by atoms with Gasteiger partial charge in [0.2, 0.25) is 0 Å². The second-order valence-electron chi connectivity index (χ2n) is 15.4. The van der Waals surface area contributed by atoms with Crippen LogP contribution in [0.5, 0.6) is 0 Å². The third-order valence-electron chi connectivity index (χ3n) is 14.2. The molecule has 0 aromatic heterocycles. The molecule has 0 aromatic rings. The summed E-state index contributed by atoms with van der Waals surface area (Å²) in [5.41, 5.74) is 0.854. The van der Waals surface area contributed by atoms with Crippen molar-refractivity contribution in [2.45, 2.75) is 117 Å². The molecular formula is C31H51NO5. The topological polar surface area (TPSA) is 80.2 Å². The van der Waals surface area contributed by atoms with Gasteiger partial charge in [0, 0.05) is 18.5 Å². The molecule has 0 aromatic carbocycles. The summed E-state index contributed by atoms with van der Waals surface area (Å²) in [5.74, 6) is 2.08. The summed E-state index contributed by atoms with van der Waals surface area (Å²) in [4.78, 5) is 0. The Balaban J connectivity index is 1.18. The Morgan fingerprint density at radius 3 is 2.49 bits per heavy atom. The number of morpholine rings is 1. The molecule has 3 N–H and O–H groups in total. The largest absolute Gasteiger partial charge is 0.394 e. The van der Waals surface area contributed by atoms with E-state index in [1.165, 1.54) is 38.5 Å². The average Bonchev–Trinajstić information content (AvgIpc) is 3.51. The van der Waals surface area contributed by atoms with Crippen molar-refractivity contribution in [2.75, 3.05) is 26.3 Å². The highest BCUT2D eigenvalue weighted by Crippen LogP contribution is 2.89. The zero-order valence-corrected chi connectivity index (χ0v) is 23.8. The molecule has 2 heterocycles. The lowest BCUT2D eigenvalue weighted by molar-refractivity contribution is -0.237. The first-order chi connectivity index (χ1) is 17.5. The molecule has 7 aliphatic rings. The van der Waals surface area contributed by atoms with Crippen LogP contribution >= 0.6 is 0 Å². The van der Waals surface area contributed by atoms with E-state index in [4.69, 9.17) is 14.2 Å². The van der Waals surface area contributed by atoms with Crippen molar-refractivity contribution < 1.29 is 24.4 Å². The number of hydrogen-bond acceptors (Lipinski definition) is 6. The van der Waals surface area contributed by atoms with Gasteiger partial charge in [0.1, 0.15) is 0 Å². The van der Waals surface area contributed by atoms with Gasteiger partial charge in [-0.3, -0.25) is 0 Å². The van der Waals surface area contributed by atoms with Gasteiger partial charge in [0.05, 0.1) is 37.6 Å². The van der Waals surface area contributed by atoms with E-state index in [0.29, 0.717) is 34.5 Å². The maximum atomic E-state index is 12.1. The Morgan fingerprint density at radius 1 is 1.00 bits per heavy atom. The quantitative estimate of drug-likeness (QED) is 0.523.